The van der Waals surface area contributed by atoms with E-state index in [0.717, 1.165) is 16.8 Å². The maximum atomic E-state index is 12.8. The van der Waals surface area contributed by atoms with Crippen LogP contribution in [0.4, 0.5) is 5.69 Å². The number of benzene rings is 2. The van der Waals surface area contributed by atoms with Crippen LogP contribution in [0.1, 0.15) is 23.4 Å². The van der Waals surface area contributed by atoms with E-state index >= 15 is 0 Å². The first-order chi connectivity index (χ1) is 16.3. The maximum absolute atomic E-state index is 12.8. The van der Waals surface area contributed by atoms with Crippen LogP contribution >= 0.6 is 0 Å². The van der Waals surface area contributed by atoms with E-state index in [9.17, 15) is 14.4 Å². The van der Waals surface area contributed by atoms with Crippen molar-refractivity contribution in [2.45, 2.75) is 33.7 Å². The Bertz CT molecular complexity index is 1250. The average Bonchev–Trinajstić information content (AvgIpc) is 2.82. The number of hydrogen-bond acceptors (Lipinski definition) is 5. The molecule has 4 rings (SSSR count). The highest BCUT2D eigenvalue weighted by atomic mass is 16.2. The number of amides is 2. The van der Waals surface area contributed by atoms with Gasteiger partial charge in [-0.25, -0.2) is 4.98 Å². The summed E-state index contributed by atoms with van der Waals surface area (Å²) < 4.78 is 1.58. The number of hydrogen-bond donors (Lipinski definition) is 1. The van der Waals surface area contributed by atoms with Crippen molar-refractivity contribution < 1.29 is 9.59 Å². The Labute approximate surface area is 199 Å². The normalized spacial score (nSPS) is 14.4. The van der Waals surface area contributed by atoms with E-state index in [0.29, 0.717) is 56.0 Å². The molecule has 2 amide bonds. The van der Waals surface area contributed by atoms with Gasteiger partial charge in [-0.2, -0.15) is 0 Å². The molecule has 0 saturated carbocycles. The van der Waals surface area contributed by atoms with Gasteiger partial charge < -0.3 is 10.2 Å². The zero-order valence-corrected chi connectivity index (χ0v) is 20.0. The molecule has 1 aliphatic heterocycles. The maximum Gasteiger partial charge on any atom is 0.261 e. The molecule has 8 heteroatoms. The van der Waals surface area contributed by atoms with Gasteiger partial charge in [-0.05, 0) is 44.0 Å². The van der Waals surface area contributed by atoms with Gasteiger partial charge in [-0.3, -0.25) is 23.9 Å². The predicted octanol–water partition coefficient (Wildman–Crippen LogP) is 2.49. The van der Waals surface area contributed by atoms with E-state index in [1.165, 1.54) is 0 Å². The minimum absolute atomic E-state index is 0.0131. The van der Waals surface area contributed by atoms with E-state index < -0.39 is 0 Å². The monoisotopic (exact) mass is 461 g/mol. The summed E-state index contributed by atoms with van der Waals surface area (Å²) in [4.78, 5) is 46.5. The van der Waals surface area contributed by atoms with Crippen LogP contribution in [-0.2, 0) is 16.1 Å². The van der Waals surface area contributed by atoms with Crippen LogP contribution in [0.25, 0.3) is 10.9 Å². The molecule has 2 aromatic carbocycles. The first-order valence-electron chi connectivity index (χ1n) is 11.7. The molecule has 0 spiro atoms. The van der Waals surface area contributed by atoms with Crippen LogP contribution in [0, 0.1) is 20.8 Å². The molecule has 8 nitrogen and oxygen atoms in total. The Balaban J connectivity index is 1.28. The van der Waals surface area contributed by atoms with Crippen molar-refractivity contribution in [1.29, 1.82) is 0 Å². The van der Waals surface area contributed by atoms with Crippen molar-refractivity contribution in [3.63, 3.8) is 0 Å². The van der Waals surface area contributed by atoms with Crippen LogP contribution in [-0.4, -0.2) is 63.9 Å². The third-order valence-corrected chi connectivity index (χ3v) is 6.44. The van der Waals surface area contributed by atoms with Crippen molar-refractivity contribution in [3.8, 4) is 0 Å². The van der Waals surface area contributed by atoms with Gasteiger partial charge in [0.15, 0.2) is 0 Å². The van der Waals surface area contributed by atoms with E-state index in [2.05, 4.69) is 15.2 Å². The first kappa shape index (κ1) is 23.6. The fourth-order valence-corrected chi connectivity index (χ4v) is 4.46. The van der Waals surface area contributed by atoms with Crippen molar-refractivity contribution >= 4 is 28.4 Å². The summed E-state index contributed by atoms with van der Waals surface area (Å²) in [5.41, 5.74) is 3.51. The summed E-state index contributed by atoms with van der Waals surface area (Å²) in [5, 5.41) is 3.59. The molecule has 1 fully saturated rings. The Hall–Kier alpha value is -3.52. The molecule has 0 atom stereocenters. The number of aryl methyl sites for hydroxylation is 3. The molecule has 34 heavy (non-hydrogen) atoms. The molecule has 1 aliphatic rings. The summed E-state index contributed by atoms with van der Waals surface area (Å²) in [6, 6.07) is 13.2. The topological polar surface area (TPSA) is 87.5 Å². The van der Waals surface area contributed by atoms with Crippen LogP contribution in [0.5, 0.6) is 0 Å². The number of nitrogens with one attached hydrogen (secondary N) is 1. The summed E-state index contributed by atoms with van der Waals surface area (Å²) >= 11 is 0. The van der Waals surface area contributed by atoms with Crippen LogP contribution in [0.15, 0.2) is 47.3 Å². The Kier molecular flexibility index (Phi) is 7.07. The number of carbonyl (C=O) groups excluding carboxylic acids is 2. The Morgan fingerprint density at radius 3 is 2.32 bits per heavy atom. The fraction of sp³-hybridized carbons (Fsp3) is 0.385. The van der Waals surface area contributed by atoms with Crippen molar-refractivity contribution in [2.24, 2.45) is 0 Å². The number of carbonyl (C=O) groups is 2. The highest BCUT2D eigenvalue weighted by Crippen LogP contribution is 2.19. The minimum atomic E-state index is -0.115. The van der Waals surface area contributed by atoms with E-state index in [4.69, 9.17) is 0 Å². The molecule has 0 radical (unpaired) electrons. The number of aromatic nitrogens is 2. The number of anilines is 1. The lowest BCUT2D eigenvalue weighted by Gasteiger charge is -2.34. The van der Waals surface area contributed by atoms with Gasteiger partial charge in [-0.1, -0.05) is 30.3 Å². The molecular weight excluding hydrogens is 430 g/mol. The molecule has 1 aromatic heterocycles. The molecular formula is C26H31N5O3. The van der Waals surface area contributed by atoms with E-state index in [-0.39, 0.29) is 23.8 Å². The zero-order valence-electron chi connectivity index (χ0n) is 20.0. The predicted molar refractivity (Wildman–Crippen MR) is 133 cm³/mol. The lowest BCUT2D eigenvalue weighted by Crippen LogP contribution is -2.50. The minimum Gasteiger partial charge on any atom is -0.340 e. The van der Waals surface area contributed by atoms with Gasteiger partial charge >= 0.3 is 0 Å². The van der Waals surface area contributed by atoms with Crippen LogP contribution < -0.4 is 10.9 Å². The smallest absolute Gasteiger partial charge is 0.261 e. The molecule has 1 saturated heterocycles. The number of piperazine rings is 1. The third kappa shape index (κ3) is 5.17. The van der Waals surface area contributed by atoms with Gasteiger partial charge in [0.25, 0.3) is 5.56 Å². The van der Waals surface area contributed by atoms with Crippen molar-refractivity contribution in [3.05, 3.63) is 69.8 Å². The number of para-hydroxylation sites is 2. The molecule has 3 aromatic rings. The van der Waals surface area contributed by atoms with Gasteiger partial charge in [0.1, 0.15) is 5.82 Å². The second kappa shape index (κ2) is 10.2. The Morgan fingerprint density at radius 2 is 1.62 bits per heavy atom. The number of rotatable bonds is 6. The third-order valence-electron chi connectivity index (χ3n) is 6.44. The average molecular weight is 462 g/mol. The van der Waals surface area contributed by atoms with Gasteiger partial charge in [0.05, 0.1) is 17.4 Å². The van der Waals surface area contributed by atoms with Crippen molar-refractivity contribution in [2.75, 3.05) is 38.0 Å². The summed E-state index contributed by atoms with van der Waals surface area (Å²) in [5.74, 6) is 0.575. The molecule has 0 unspecified atom stereocenters. The van der Waals surface area contributed by atoms with Gasteiger partial charge in [-0.15, -0.1) is 0 Å². The lowest BCUT2D eigenvalue weighted by molar-refractivity contribution is -0.133. The van der Waals surface area contributed by atoms with Gasteiger partial charge in [0.2, 0.25) is 11.8 Å². The molecule has 1 N–H and O–H groups in total. The van der Waals surface area contributed by atoms with E-state index in [1.807, 2.05) is 55.1 Å². The standard InChI is InChI=1S/C26H31N5O3/c1-18-7-6-8-19(2)25(18)28-23(32)17-29-13-15-30(16-14-29)24(33)11-12-31-20(3)27-22-10-5-4-9-21(22)26(31)34/h4-10H,11-17H2,1-3H3,(H,28,32). The van der Waals surface area contributed by atoms with Gasteiger partial charge in [0, 0.05) is 44.8 Å². The zero-order chi connectivity index (χ0) is 24.2. The summed E-state index contributed by atoms with van der Waals surface area (Å²) in [6.45, 7) is 8.78. The number of fused-ring (bicyclic) bond motifs is 1. The van der Waals surface area contributed by atoms with E-state index in [1.54, 1.807) is 17.6 Å². The quantitative estimate of drug-likeness (QED) is 0.610. The highest BCUT2D eigenvalue weighted by molar-refractivity contribution is 5.93. The molecule has 0 aliphatic carbocycles. The number of nitrogens with zero attached hydrogens (tertiary/aromatic N) is 4. The van der Waals surface area contributed by atoms with Crippen molar-refractivity contribution in [1.82, 2.24) is 19.4 Å². The Morgan fingerprint density at radius 1 is 0.941 bits per heavy atom. The lowest BCUT2D eigenvalue weighted by atomic mass is 10.1. The molecule has 178 valence electrons. The fourth-order valence-electron chi connectivity index (χ4n) is 4.46. The van der Waals surface area contributed by atoms with Crippen LogP contribution in [0.2, 0.25) is 0 Å². The SMILES string of the molecule is Cc1cccc(C)c1NC(=O)CN1CCN(C(=O)CCn2c(C)nc3ccccc3c2=O)CC1. The largest absolute Gasteiger partial charge is 0.340 e. The molecule has 2 heterocycles. The first-order valence-corrected chi connectivity index (χ1v) is 11.7. The highest BCUT2D eigenvalue weighted by Gasteiger charge is 2.23. The summed E-state index contributed by atoms with van der Waals surface area (Å²) in [6.07, 6.45) is 0.244. The second-order valence-electron chi connectivity index (χ2n) is 8.85. The molecule has 0 bridgehead atoms. The second-order valence-corrected chi connectivity index (χ2v) is 8.85. The van der Waals surface area contributed by atoms with Crippen LogP contribution in [0.3, 0.4) is 0 Å². The summed E-state index contributed by atoms with van der Waals surface area (Å²) in [7, 11) is 0.